The highest BCUT2D eigenvalue weighted by Crippen LogP contribution is 2.28. The molecule has 0 fully saturated rings. The van der Waals surface area contributed by atoms with Crippen LogP contribution in [0.5, 0.6) is 0 Å². The molecule has 0 aromatic heterocycles. The highest BCUT2D eigenvalue weighted by molar-refractivity contribution is 5.92. The molecular weight excluding hydrogens is 274 g/mol. The number of nitro benzene ring substituents is 1. The van der Waals surface area contributed by atoms with E-state index in [0.29, 0.717) is 17.7 Å². The van der Waals surface area contributed by atoms with Gasteiger partial charge in [-0.15, -0.1) is 0 Å². The number of hydrogen-bond donors (Lipinski definition) is 3. The second kappa shape index (κ2) is 6.53. The zero-order chi connectivity index (χ0) is 16.2. The molecule has 1 rings (SSSR count). The summed E-state index contributed by atoms with van der Waals surface area (Å²) in [6, 6.07) is 2.56. The van der Waals surface area contributed by atoms with Crippen LogP contribution in [-0.4, -0.2) is 28.2 Å². The van der Waals surface area contributed by atoms with Crippen LogP contribution in [0.2, 0.25) is 0 Å². The van der Waals surface area contributed by atoms with Crippen molar-refractivity contribution >= 4 is 17.4 Å². The van der Waals surface area contributed by atoms with Crippen molar-refractivity contribution in [3.05, 3.63) is 33.4 Å². The van der Waals surface area contributed by atoms with E-state index in [1.807, 2.05) is 0 Å². The van der Waals surface area contributed by atoms with Crippen LogP contribution in [0.15, 0.2) is 12.1 Å². The first-order valence-corrected chi connectivity index (χ1v) is 6.62. The lowest BCUT2D eigenvalue weighted by molar-refractivity contribution is -0.385. The van der Waals surface area contributed by atoms with E-state index in [9.17, 15) is 14.9 Å². The standard InChI is InChI=1S/C14H21N3O4/c1-9-5-6-11(17(20)21)10(2)12(9)15-13(19)16-14(3,4)7-8-18/h5-6,18H,7-8H2,1-4H3,(H2,15,16,19). The Labute approximate surface area is 123 Å². The van der Waals surface area contributed by atoms with E-state index in [4.69, 9.17) is 5.11 Å². The minimum absolute atomic E-state index is 0.0366. The minimum Gasteiger partial charge on any atom is -0.396 e. The lowest BCUT2D eigenvalue weighted by atomic mass is 10.0. The van der Waals surface area contributed by atoms with Crippen LogP contribution in [0.4, 0.5) is 16.2 Å². The molecule has 1 aromatic rings. The molecule has 0 heterocycles. The van der Waals surface area contributed by atoms with Gasteiger partial charge in [0.25, 0.3) is 5.69 Å². The number of urea groups is 1. The van der Waals surface area contributed by atoms with E-state index >= 15 is 0 Å². The third-order valence-corrected chi connectivity index (χ3v) is 3.27. The van der Waals surface area contributed by atoms with Crippen LogP contribution in [0.25, 0.3) is 0 Å². The summed E-state index contributed by atoms with van der Waals surface area (Å²) in [7, 11) is 0. The van der Waals surface area contributed by atoms with Gasteiger partial charge in [0.1, 0.15) is 0 Å². The van der Waals surface area contributed by atoms with Gasteiger partial charge in [-0.3, -0.25) is 10.1 Å². The lowest BCUT2D eigenvalue weighted by Crippen LogP contribution is -2.46. The maximum absolute atomic E-state index is 12.0. The average Bonchev–Trinajstić information content (AvgIpc) is 2.33. The molecule has 0 unspecified atom stereocenters. The van der Waals surface area contributed by atoms with Crippen molar-refractivity contribution in [3.63, 3.8) is 0 Å². The smallest absolute Gasteiger partial charge is 0.319 e. The molecule has 0 atom stereocenters. The Kier molecular flexibility index (Phi) is 5.26. The predicted octanol–water partition coefficient (Wildman–Crippen LogP) is 2.49. The molecule has 7 heteroatoms. The second-order valence-electron chi connectivity index (χ2n) is 5.60. The molecule has 116 valence electrons. The number of amides is 2. The molecule has 0 aliphatic rings. The third-order valence-electron chi connectivity index (χ3n) is 3.27. The van der Waals surface area contributed by atoms with E-state index in [1.165, 1.54) is 6.07 Å². The summed E-state index contributed by atoms with van der Waals surface area (Å²) < 4.78 is 0. The van der Waals surface area contributed by atoms with Crippen molar-refractivity contribution in [2.24, 2.45) is 0 Å². The Morgan fingerprint density at radius 1 is 1.38 bits per heavy atom. The fourth-order valence-electron chi connectivity index (χ4n) is 2.02. The number of anilines is 1. The van der Waals surface area contributed by atoms with E-state index in [-0.39, 0.29) is 12.3 Å². The summed E-state index contributed by atoms with van der Waals surface area (Å²) in [5.74, 6) is 0. The first-order valence-electron chi connectivity index (χ1n) is 6.62. The summed E-state index contributed by atoms with van der Waals surface area (Å²) in [6.07, 6.45) is 0.410. The number of rotatable bonds is 5. The van der Waals surface area contributed by atoms with Gasteiger partial charge in [-0.05, 0) is 39.7 Å². The van der Waals surface area contributed by atoms with Gasteiger partial charge in [-0.2, -0.15) is 0 Å². The van der Waals surface area contributed by atoms with Crippen molar-refractivity contribution in [2.75, 3.05) is 11.9 Å². The monoisotopic (exact) mass is 295 g/mol. The molecule has 0 spiro atoms. The highest BCUT2D eigenvalue weighted by Gasteiger charge is 2.22. The molecule has 7 nitrogen and oxygen atoms in total. The van der Waals surface area contributed by atoms with Gasteiger partial charge in [0, 0.05) is 18.2 Å². The Morgan fingerprint density at radius 3 is 2.52 bits per heavy atom. The highest BCUT2D eigenvalue weighted by atomic mass is 16.6. The first-order chi connectivity index (χ1) is 9.68. The fourth-order valence-corrected chi connectivity index (χ4v) is 2.02. The van der Waals surface area contributed by atoms with Crippen LogP contribution >= 0.6 is 0 Å². The van der Waals surface area contributed by atoms with Gasteiger partial charge in [0.15, 0.2) is 0 Å². The summed E-state index contributed by atoms with van der Waals surface area (Å²) >= 11 is 0. The van der Waals surface area contributed by atoms with Gasteiger partial charge >= 0.3 is 6.03 Å². The second-order valence-corrected chi connectivity index (χ2v) is 5.60. The number of aryl methyl sites for hydroxylation is 1. The number of benzene rings is 1. The molecule has 0 saturated heterocycles. The van der Waals surface area contributed by atoms with Crippen molar-refractivity contribution in [1.29, 1.82) is 0 Å². The molecule has 1 aromatic carbocycles. The number of hydrogen-bond acceptors (Lipinski definition) is 4. The molecule has 2 amide bonds. The topological polar surface area (TPSA) is 105 Å². The minimum atomic E-state index is -0.568. The summed E-state index contributed by atoms with van der Waals surface area (Å²) in [5, 5.41) is 25.3. The maximum Gasteiger partial charge on any atom is 0.319 e. The number of aliphatic hydroxyl groups excluding tert-OH is 1. The number of carbonyl (C=O) groups is 1. The van der Waals surface area contributed by atoms with Gasteiger partial charge in [-0.25, -0.2) is 4.79 Å². The lowest BCUT2D eigenvalue weighted by Gasteiger charge is -2.26. The Bertz CT molecular complexity index is 555. The van der Waals surface area contributed by atoms with Crippen LogP contribution in [0.3, 0.4) is 0 Å². The fraction of sp³-hybridized carbons (Fsp3) is 0.500. The Balaban J connectivity index is 2.95. The van der Waals surface area contributed by atoms with Crippen molar-refractivity contribution in [2.45, 2.75) is 39.7 Å². The van der Waals surface area contributed by atoms with Crippen LogP contribution in [0, 0.1) is 24.0 Å². The zero-order valence-corrected chi connectivity index (χ0v) is 12.7. The summed E-state index contributed by atoms with van der Waals surface area (Å²) in [6.45, 7) is 6.90. The number of nitrogens with zero attached hydrogens (tertiary/aromatic N) is 1. The molecule has 0 bridgehead atoms. The SMILES string of the molecule is Cc1ccc([N+](=O)[O-])c(C)c1NC(=O)NC(C)(C)CCO. The van der Waals surface area contributed by atoms with Crippen LogP contribution < -0.4 is 10.6 Å². The van der Waals surface area contributed by atoms with Crippen molar-refractivity contribution in [3.8, 4) is 0 Å². The van der Waals surface area contributed by atoms with E-state index < -0.39 is 16.5 Å². The first kappa shape index (κ1) is 16.9. The van der Waals surface area contributed by atoms with Crippen molar-refractivity contribution < 1.29 is 14.8 Å². The van der Waals surface area contributed by atoms with E-state index in [1.54, 1.807) is 33.8 Å². The average molecular weight is 295 g/mol. The Morgan fingerprint density at radius 2 is 2.00 bits per heavy atom. The van der Waals surface area contributed by atoms with Crippen LogP contribution in [0.1, 0.15) is 31.4 Å². The van der Waals surface area contributed by atoms with Gasteiger partial charge in [0.2, 0.25) is 0 Å². The van der Waals surface area contributed by atoms with Gasteiger partial charge < -0.3 is 15.7 Å². The number of nitrogens with one attached hydrogen (secondary N) is 2. The molecular formula is C14H21N3O4. The van der Waals surface area contributed by atoms with Crippen LogP contribution in [-0.2, 0) is 0 Å². The third kappa shape index (κ3) is 4.42. The summed E-state index contributed by atoms with van der Waals surface area (Å²) in [4.78, 5) is 22.5. The molecule has 0 saturated carbocycles. The molecule has 3 N–H and O–H groups in total. The van der Waals surface area contributed by atoms with Gasteiger partial charge in [-0.1, -0.05) is 6.07 Å². The van der Waals surface area contributed by atoms with E-state index in [2.05, 4.69) is 10.6 Å². The zero-order valence-electron chi connectivity index (χ0n) is 12.7. The molecule has 0 radical (unpaired) electrons. The number of nitro groups is 1. The normalized spacial score (nSPS) is 11.1. The predicted molar refractivity (Wildman–Crippen MR) is 80.5 cm³/mol. The van der Waals surface area contributed by atoms with E-state index in [0.717, 1.165) is 5.56 Å². The van der Waals surface area contributed by atoms with Crippen molar-refractivity contribution in [1.82, 2.24) is 5.32 Å². The number of carbonyl (C=O) groups excluding carboxylic acids is 1. The largest absolute Gasteiger partial charge is 0.396 e. The maximum atomic E-state index is 12.0. The molecule has 21 heavy (non-hydrogen) atoms. The quantitative estimate of drug-likeness (QED) is 0.573. The van der Waals surface area contributed by atoms with Gasteiger partial charge in [0.05, 0.1) is 16.2 Å². The Hall–Kier alpha value is -2.15. The summed E-state index contributed by atoms with van der Waals surface area (Å²) in [5.41, 5.74) is 0.983. The molecule has 0 aliphatic heterocycles. The molecule has 0 aliphatic carbocycles. The number of aliphatic hydroxyl groups is 1.